The van der Waals surface area contributed by atoms with E-state index in [2.05, 4.69) is 16.0 Å². The lowest BCUT2D eigenvalue weighted by atomic mass is 9.80. The number of hydrogen-bond acceptors (Lipinski definition) is 13. The van der Waals surface area contributed by atoms with Crippen molar-refractivity contribution in [1.82, 2.24) is 23.8 Å². The quantitative estimate of drug-likeness (QED) is 0.0293. The Hall–Kier alpha value is -6.05. The zero-order chi connectivity index (χ0) is 46.8. The van der Waals surface area contributed by atoms with Gasteiger partial charge in [0.1, 0.15) is 42.2 Å². The van der Waals surface area contributed by atoms with Crippen LogP contribution in [0.3, 0.4) is 0 Å². The molecule has 0 bridgehead atoms. The standard InChI is InChI=1S/C49H54FN6O9P/c1-33(2)56(34(3)4)66(63-28-13-26-51)65-44-42(50)41(64-47(44)55-32-52-43-45(55)53-31-54(46(43)57)27-29-61-48(58)35-14-9-7-10-15-35)30-62-49(36-16-11-8-12-17-36,37-18-22-39(59-5)23-19-37)38-20-24-40(60-6)25-21-38/h7-12,14-25,31-34,41-42,44,47H,13,27-30H2,1-6H3/t41-,42-,44-,47-,66?/m1/s1. The van der Waals surface area contributed by atoms with Crippen LogP contribution in [0.4, 0.5) is 4.39 Å². The predicted octanol–water partition coefficient (Wildman–Crippen LogP) is 8.37. The highest BCUT2D eigenvalue weighted by Gasteiger charge is 2.51. The number of carbonyl (C=O) groups is 1. The van der Waals surface area contributed by atoms with E-state index in [-0.39, 0.29) is 56.0 Å². The maximum Gasteiger partial charge on any atom is 0.338 e. The Bertz CT molecular complexity index is 2550. The number of benzene rings is 4. The van der Waals surface area contributed by atoms with E-state index in [0.29, 0.717) is 17.1 Å². The Kier molecular flexibility index (Phi) is 15.9. The maximum atomic E-state index is 17.7. The SMILES string of the molecule is COc1ccc(C(OC[C@H]2O[C@@H](n3cnc4c(=O)n(CCOC(=O)c5ccccc5)cnc43)[C@H](OP(OCCC#N)N(C(C)C)C(C)C)[C@@H]2F)(c2ccccc2)c2ccc(OC)cc2)cc1. The molecule has 0 N–H and O–H groups in total. The van der Waals surface area contributed by atoms with Crippen LogP contribution in [0.15, 0.2) is 127 Å². The van der Waals surface area contributed by atoms with Gasteiger partial charge in [0.05, 0.1) is 58.4 Å². The number of halogens is 1. The van der Waals surface area contributed by atoms with E-state index in [9.17, 15) is 14.9 Å². The molecule has 0 aliphatic carbocycles. The zero-order valence-electron chi connectivity index (χ0n) is 37.7. The van der Waals surface area contributed by atoms with Crippen LogP contribution in [0.1, 0.15) is 67.4 Å². The molecule has 1 unspecified atom stereocenters. The normalized spacial score (nSPS) is 17.9. The number of esters is 1. The Labute approximate surface area is 384 Å². The summed E-state index contributed by atoms with van der Waals surface area (Å²) in [6.07, 6.45) is -2.81. The van der Waals surface area contributed by atoms with Gasteiger partial charge < -0.3 is 32.7 Å². The van der Waals surface area contributed by atoms with Crippen molar-refractivity contribution in [1.29, 1.82) is 5.26 Å². The summed E-state index contributed by atoms with van der Waals surface area (Å²) in [6.45, 7) is 7.65. The smallest absolute Gasteiger partial charge is 0.338 e. The van der Waals surface area contributed by atoms with Crippen molar-refractivity contribution in [3.05, 3.63) is 154 Å². The number of hydrogen-bond donors (Lipinski definition) is 0. The molecule has 7 rings (SSSR count). The first-order chi connectivity index (χ1) is 32.0. The van der Waals surface area contributed by atoms with E-state index < -0.39 is 50.3 Å². The molecule has 4 aromatic carbocycles. The van der Waals surface area contributed by atoms with Gasteiger partial charge in [-0.05, 0) is 80.8 Å². The van der Waals surface area contributed by atoms with E-state index in [4.69, 9.17) is 32.7 Å². The van der Waals surface area contributed by atoms with Crippen molar-refractivity contribution < 1.29 is 41.9 Å². The van der Waals surface area contributed by atoms with Crippen LogP contribution in [-0.4, -0.2) is 94.2 Å². The van der Waals surface area contributed by atoms with Crippen LogP contribution >= 0.6 is 8.53 Å². The lowest BCUT2D eigenvalue weighted by molar-refractivity contribution is -0.0888. The first-order valence-corrected chi connectivity index (χ1v) is 22.8. The highest BCUT2D eigenvalue weighted by Crippen LogP contribution is 2.52. The second-order valence-corrected chi connectivity index (χ2v) is 17.4. The molecular weight excluding hydrogens is 867 g/mol. The van der Waals surface area contributed by atoms with Crippen molar-refractivity contribution in [3.8, 4) is 17.6 Å². The summed E-state index contributed by atoms with van der Waals surface area (Å²) in [5, 5.41) is 9.40. The van der Waals surface area contributed by atoms with Crippen molar-refractivity contribution in [3.63, 3.8) is 0 Å². The minimum atomic E-state index is -1.97. The number of rotatable bonds is 21. The van der Waals surface area contributed by atoms with Crippen LogP contribution < -0.4 is 15.0 Å². The van der Waals surface area contributed by atoms with Gasteiger partial charge in [-0.25, -0.2) is 23.8 Å². The Morgan fingerprint density at radius 2 is 1.44 bits per heavy atom. The van der Waals surface area contributed by atoms with Crippen LogP contribution in [0.5, 0.6) is 11.5 Å². The summed E-state index contributed by atoms with van der Waals surface area (Å²) in [5.41, 5.74) is 0.967. The van der Waals surface area contributed by atoms with Gasteiger partial charge in [-0.1, -0.05) is 72.8 Å². The minimum absolute atomic E-state index is 0.00929. The molecule has 6 aromatic rings. The summed E-state index contributed by atoms with van der Waals surface area (Å²) < 4.78 is 65.7. The number of alkyl halides is 1. The third-order valence-corrected chi connectivity index (χ3v) is 13.3. The number of fused-ring (bicyclic) bond motifs is 1. The Balaban J connectivity index is 1.26. The third kappa shape index (κ3) is 10.3. The van der Waals surface area contributed by atoms with Crippen LogP contribution in [0.2, 0.25) is 0 Å². The van der Waals surface area contributed by atoms with Gasteiger partial charge in [0.15, 0.2) is 23.6 Å². The number of aromatic nitrogens is 4. The molecule has 346 valence electrons. The van der Waals surface area contributed by atoms with Crippen LogP contribution in [0.25, 0.3) is 11.2 Å². The lowest BCUT2D eigenvalue weighted by Crippen LogP contribution is -2.39. The number of carbonyl (C=O) groups excluding carboxylic acids is 1. The predicted molar refractivity (Wildman–Crippen MR) is 246 cm³/mol. The molecule has 1 aliphatic heterocycles. The van der Waals surface area contributed by atoms with Crippen molar-refractivity contribution in [2.24, 2.45) is 0 Å². The fourth-order valence-corrected chi connectivity index (χ4v) is 9.76. The summed E-state index contributed by atoms with van der Waals surface area (Å²) in [5.74, 6) is 0.765. The number of nitrogens with zero attached hydrogens (tertiary/aromatic N) is 6. The van der Waals surface area contributed by atoms with Gasteiger partial charge in [-0.15, -0.1) is 0 Å². The van der Waals surface area contributed by atoms with Crippen molar-refractivity contribution >= 4 is 25.7 Å². The molecule has 5 atom stereocenters. The molecule has 17 heteroatoms. The average molecular weight is 921 g/mol. The number of imidazole rings is 1. The molecule has 0 radical (unpaired) electrons. The molecule has 1 saturated heterocycles. The van der Waals surface area contributed by atoms with E-state index in [1.165, 1.54) is 21.8 Å². The summed E-state index contributed by atoms with van der Waals surface area (Å²) >= 11 is 0. The highest BCUT2D eigenvalue weighted by atomic mass is 31.2. The average Bonchev–Trinajstić information content (AvgIpc) is 3.90. The fourth-order valence-electron chi connectivity index (χ4n) is 8.03. The largest absolute Gasteiger partial charge is 0.497 e. The van der Waals surface area contributed by atoms with Gasteiger partial charge >= 0.3 is 5.97 Å². The second-order valence-electron chi connectivity index (χ2n) is 16.0. The number of nitriles is 1. The monoisotopic (exact) mass is 920 g/mol. The maximum absolute atomic E-state index is 17.7. The lowest BCUT2D eigenvalue weighted by Gasteiger charge is -2.38. The van der Waals surface area contributed by atoms with E-state index in [0.717, 1.165) is 16.7 Å². The van der Waals surface area contributed by atoms with E-state index >= 15 is 4.39 Å². The molecule has 0 amide bonds. The summed E-state index contributed by atoms with van der Waals surface area (Å²) in [4.78, 5) is 35.4. The molecule has 1 fully saturated rings. The molecule has 66 heavy (non-hydrogen) atoms. The van der Waals surface area contributed by atoms with Crippen molar-refractivity contribution in [2.75, 3.05) is 34.0 Å². The first-order valence-electron chi connectivity index (χ1n) is 21.7. The van der Waals surface area contributed by atoms with Crippen LogP contribution in [0, 0.1) is 11.3 Å². The zero-order valence-corrected chi connectivity index (χ0v) is 38.6. The molecule has 2 aromatic heterocycles. The Morgan fingerprint density at radius 3 is 2.02 bits per heavy atom. The topological polar surface area (TPSA) is 161 Å². The molecule has 1 aliphatic rings. The minimum Gasteiger partial charge on any atom is -0.497 e. The third-order valence-electron chi connectivity index (χ3n) is 11.2. The fraction of sp³-hybridized carbons (Fsp3) is 0.367. The first kappa shape index (κ1) is 47.9. The molecule has 15 nitrogen and oxygen atoms in total. The van der Waals surface area contributed by atoms with Crippen molar-refractivity contribution in [2.45, 2.75) is 83.0 Å². The summed E-state index contributed by atoms with van der Waals surface area (Å²) in [6, 6.07) is 35.1. The highest BCUT2D eigenvalue weighted by molar-refractivity contribution is 7.44. The van der Waals surface area contributed by atoms with E-state index in [1.807, 2.05) is 111 Å². The van der Waals surface area contributed by atoms with Gasteiger partial charge in [-0.3, -0.25) is 13.9 Å². The molecule has 0 saturated carbocycles. The second kappa shape index (κ2) is 22.0. The summed E-state index contributed by atoms with van der Waals surface area (Å²) in [7, 11) is 1.22. The molecular formula is C49H54FN6O9P. The number of methoxy groups -OCH3 is 2. The van der Waals surface area contributed by atoms with Gasteiger partial charge in [0, 0.05) is 12.1 Å². The van der Waals surface area contributed by atoms with Gasteiger partial charge in [-0.2, -0.15) is 5.26 Å². The number of ether oxygens (including phenoxy) is 5. The van der Waals surface area contributed by atoms with Crippen LogP contribution in [-0.2, 0) is 35.4 Å². The van der Waals surface area contributed by atoms with Gasteiger partial charge in [0.2, 0.25) is 0 Å². The molecule has 3 heterocycles. The van der Waals surface area contributed by atoms with Gasteiger partial charge in [0.25, 0.3) is 14.1 Å². The van der Waals surface area contributed by atoms with E-state index in [1.54, 1.807) is 44.6 Å². The molecule has 0 spiro atoms. The Morgan fingerprint density at radius 1 is 0.848 bits per heavy atom.